The smallest absolute Gasteiger partial charge is 0.340 e. The third-order valence-corrected chi connectivity index (χ3v) is 5.04. The molecule has 136 valence electrons. The molecule has 1 N–H and O–H groups in total. The monoisotopic (exact) mass is 348 g/mol. The van der Waals surface area contributed by atoms with Gasteiger partial charge in [-0.15, -0.1) is 0 Å². The molecule has 3 atom stereocenters. The van der Waals surface area contributed by atoms with Crippen LogP contribution in [0.25, 0.3) is 0 Å². The molecule has 2 saturated heterocycles. The van der Waals surface area contributed by atoms with Crippen LogP contribution in [-0.2, 0) is 23.8 Å². The summed E-state index contributed by atoms with van der Waals surface area (Å²) in [4.78, 5) is 23.8. The summed E-state index contributed by atoms with van der Waals surface area (Å²) in [6.07, 6.45) is 6.29. The van der Waals surface area contributed by atoms with Gasteiger partial charge in [0.25, 0.3) is 0 Å². The lowest BCUT2D eigenvalue weighted by molar-refractivity contribution is -0.148. The molecule has 2 heterocycles. The van der Waals surface area contributed by atoms with Crippen LogP contribution in [0.5, 0.6) is 0 Å². The number of carbonyl (C=O) groups is 2. The summed E-state index contributed by atoms with van der Waals surface area (Å²) in [7, 11) is 0. The van der Waals surface area contributed by atoms with Crippen LogP contribution in [0.15, 0.2) is 35.5 Å². The number of epoxide rings is 1. The van der Waals surface area contributed by atoms with Crippen LogP contribution in [0.2, 0.25) is 0 Å². The van der Waals surface area contributed by atoms with E-state index in [1.165, 1.54) is 0 Å². The molecule has 3 rings (SSSR count). The third-order valence-electron chi connectivity index (χ3n) is 5.04. The van der Waals surface area contributed by atoms with E-state index in [1.807, 2.05) is 12.2 Å². The number of aliphatic hydroxyl groups excluding tert-OH is 1. The number of rotatable bonds is 4. The zero-order valence-corrected chi connectivity index (χ0v) is 14.5. The molecule has 2 fully saturated rings. The van der Waals surface area contributed by atoms with Crippen LogP contribution < -0.4 is 0 Å². The van der Waals surface area contributed by atoms with Gasteiger partial charge in [0.15, 0.2) is 5.60 Å². The number of allylic oxidation sites excluding steroid dienone is 2. The molecule has 0 saturated carbocycles. The van der Waals surface area contributed by atoms with Gasteiger partial charge in [-0.2, -0.15) is 0 Å². The predicted molar refractivity (Wildman–Crippen MR) is 89.5 cm³/mol. The van der Waals surface area contributed by atoms with Crippen molar-refractivity contribution in [2.24, 2.45) is 5.92 Å². The minimum Gasteiger partial charge on any atom is -0.459 e. The second-order valence-electron chi connectivity index (χ2n) is 7.03. The fourth-order valence-electron chi connectivity index (χ4n) is 3.15. The Morgan fingerprint density at radius 1 is 1.44 bits per heavy atom. The van der Waals surface area contributed by atoms with Gasteiger partial charge >= 0.3 is 11.9 Å². The first-order valence-corrected chi connectivity index (χ1v) is 8.60. The van der Waals surface area contributed by atoms with E-state index in [9.17, 15) is 14.7 Å². The molecule has 0 spiro atoms. The highest BCUT2D eigenvalue weighted by molar-refractivity contribution is 5.90. The van der Waals surface area contributed by atoms with Crippen molar-refractivity contribution in [1.29, 1.82) is 0 Å². The zero-order valence-electron chi connectivity index (χ0n) is 14.5. The Hall–Kier alpha value is -1.92. The number of ether oxygens (including phenoxy) is 3. The largest absolute Gasteiger partial charge is 0.459 e. The molecule has 0 unspecified atom stereocenters. The summed E-state index contributed by atoms with van der Waals surface area (Å²) in [6, 6.07) is 0. The summed E-state index contributed by atoms with van der Waals surface area (Å²) in [6.45, 7) is 6.11. The zero-order chi connectivity index (χ0) is 18.0. The highest BCUT2D eigenvalue weighted by atomic mass is 16.6. The summed E-state index contributed by atoms with van der Waals surface area (Å²) >= 11 is 0. The minimum absolute atomic E-state index is 0.0586. The molecule has 6 heteroatoms. The Morgan fingerprint density at radius 3 is 2.88 bits per heavy atom. The summed E-state index contributed by atoms with van der Waals surface area (Å²) < 4.78 is 15.9. The first-order valence-electron chi connectivity index (χ1n) is 8.60. The molecule has 25 heavy (non-hydrogen) atoms. The van der Waals surface area contributed by atoms with Gasteiger partial charge in [0.1, 0.15) is 12.7 Å². The van der Waals surface area contributed by atoms with Crippen LogP contribution in [0, 0.1) is 5.92 Å². The molecule has 1 aliphatic carbocycles. The lowest BCUT2D eigenvalue weighted by atomic mass is 9.87. The van der Waals surface area contributed by atoms with Crippen molar-refractivity contribution in [3.05, 3.63) is 35.5 Å². The lowest BCUT2D eigenvalue weighted by Gasteiger charge is -2.20. The average Bonchev–Trinajstić information content (AvgIpc) is 3.29. The maximum Gasteiger partial charge on any atom is 0.340 e. The SMILES string of the molecule is C=C1C(=O)O[C@H]2C/C(CO)=C/CC/C(COC(=O)[C@]3(C)CO3)=C/C[C@H]12. The van der Waals surface area contributed by atoms with Gasteiger partial charge in [0.2, 0.25) is 0 Å². The van der Waals surface area contributed by atoms with Crippen molar-refractivity contribution in [3.63, 3.8) is 0 Å². The molecule has 2 aliphatic heterocycles. The van der Waals surface area contributed by atoms with E-state index < -0.39 is 5.60 Å². The van der Waals surface area contributed by atoms with Gasteiger partial charge < -0.3 is 19.3 Å². The van der Waals surface area contributed by atoms with Crippen molar-refractivity contribution < 1.29 is 28.9 Å². The number of carbonyl (C=O) groups excluding carboxylic acids is 2. The molecule has 3 aliphatic rings. The molecule has 0 aromatic carbocycles. The second kappa shape index (κ2) is 7.14. The van der Waals surface area contributed by atoms with Crippen LogP contribution in [-0.4, -0.2) is 48.6 Å². The molecule has 0 radical (unpaired) electrons. The van der Waals surface area contributed by atoms with Gasteiger partial charge in [-0.3, -0.25) is 0 Å². The Labute approximate surface area is 147 Å². The predicted octanol–water partition coefficient (Wildman–Crippen LogP) is 1.84. The quantitative estimate of drug-likeness (QED) is 0.361. The molecule has 6 nitrogen and oxygen atoms in total. The number of hydrogen-bond acceptors (Lipinski definition) is 6. The summed E-state index contributed by atoms with van der Waals surface area (Å²) in [5.41, 5.74) is 1.52. The normalized spacial score (nSPS) is 36.4. The molecular formula is C19H24O6. The van der Waals surface area contributed by atoms with E-state index in [-0.39, 0.29) is 37.2 Å². The summed E-state index contributed by atoms with van der Waals surface area (Å²) in [5, 5.41) is 9.53. The van der Waals surface area contributed by atoms with Crippen LogP contribution >= 0.6 is 0 Å². The topological polar surface area (TPSA) is 85.4 Å². The number of esters is 2. The van der Waals surface area contributed by atoms with E-state index in [1.54, 1.807) is 6.92 Å². The minimum atomic E-state index is -0.786. The molecule has 0 aromatic heterocycles. The Balaban J connectivity index is 1.71. The van der Waals surface area contributed by atoms with Crippen molar-refractivity contribution in [3.8, 4) is 0 Å². The first kappa shape index (κ1) is 17.9. The van der Waals surface area contributed by atoms with E-state index >= 15 is 0 Å². The molecule has 0 amide bonds. The first-order chi connectivity index (χ1) is 11.9. The van der Waals surface area contributed by atoms with Gasteiger partial charge in [0, 0.05) is 17.9 Å². The number of hydrogen-bond donors (Lipinski definition) is 1. The van der Waals surface area contributed by atoms with E-state index in [0.29, 0.717) is 25.0 Å². The van der Waals surface area contributed by atoms with Crippen molar-refractivity contribution >= 4 is 11.9 Å². The molecular weight excluding hydrogens is 324 g/mol. The third kappa shape index (κ3) is 4.02. The van der Waals surface area contributed by atoms with Crippen molar-refractivity contribution in [1.82, 2.24) is 0 Å². The Bertz CT molecular complexity index is 640. The van der Waals surface area contributed by atoms with Crippen LogP contribution in [0.4, 0.5) is 0 Å². The lowest BCUT2D eigenvalue weighted by Crippen LogP contribution is -2.24. The Morgan fingerprint density at radius 2 is 2.20 bits per heavy atom. The van der Waals surface area contributed by atoms with Crippen LogP contribution in [0.1, 0.15) is 32.6 Å². The highest BCUT2D eigenvalue weighted by Crippen LogP contribution is 2.35. The summed E-state index contributed by atoms with van der Waals surface area (Å²) in [5.74, 6) is -0.832. The van der Waals surface area contributed by atoms with Gasteiger partial charge in [-0.1, -0.05) is 18.7 Å². The van der Waals surface area contributed by atoms with Gasteiger partial charge in [0.05, 0.1) is 13.2 Å². The van der Waals surface area contributed by atoms with E-state index in [0.717, 1.165) is 24.0 Å². The number of aliphatic hydroxyl groups is 1. The van der Waals surface area contributed by atoms with Gasteiger partial charge in [-0.25, -0.2) is 9.59 Å². The standard InChI is InChI=1S/C19H24O6/c1-12-15-7-6-13(10-23-18(22)19(2)11-24-19)4-3-5-14(9-20)8-16(15)25-17(12)21/h5-6,15-16,20H,1,3-4,7-11H2,2H3/b13-6-,14-5-/t15-,16+,19+/m1/s1. The van der Waals surface area contributed by atoms with E-state index in [4.69, 9.17) is 14.2 Å². The maximum absolute atomic E-state index is 11.9. The fraction of sp³-hybridized carbons (Fsp3) is 0.579. The van der Waals surface area contributed by atoms with Crippen molar-refractivity contribution in [2.75, 3.05) is 19.8 Å². The van der Waals surface area contributed by atoms with Crippen LogP contribution in [0.3, 0.4) is 0 Å². The molecule has 0 bridgehead atoms. The van der Waals surface area contributed by atoms with E-state index in [2.05, 4.69) is 6.58 Å². The second-order valence-corrected chi connectivity index (χ2v) is 7.03. The molecule has 0 aromatic rings. The average molecular weight is 348 g/mol. The maximum atomic E-state index is 11.9. The van der Waals surface area contributed by atoms with Crippen molar-refractivity contribution in [2.45, 2.75) is 44.3 Å². The Kier molecular flexibility index (Phi) is 5.11. The fourth-order valence-corrected chi connectivity index (χ4v) is 3.15. The highest BCUT2D eigenvalue weighted by Gasteiger charge is 2.49. The van der Waals surface area contributed by atoms with Gasteiger partial charge in [-0.05, 0) is 37.3 Å². The number of fused-ring (bicyclic) bond motifs is 1.